The molecule has 1 fully saturated rings. The predicted molar refractivity (Wildman–Crippen MR) is 83.4 cm³/mol. The van der Waals surface area contributed by atoms with Gasteiger partial charge in [-0.3, -0.25) is 14.7 Å². The van der Waals surface area contributed by atoms with Crippen LogP contribution in [0.15, 0.2) is 47.3 Å². The van der Waals surface area contributed by atoms with E-state index in [9.17, 15) is 4.79 Å². The molecule has 116 valence electrons. The summed E-state index contributed by atoms with van der Waals surface area (Å²) in [7, 11) is 0. The Bertz CT molecular complexity index is 577. The van der Waals surface area contributed by atoms with Gasteiger partial charge >= 0.3 is 0 Å². The molecule has 0 saturated carbocycles. The van der Waals surface area contributed by atoms with Gasteiger partial charge in [0.15, 0.2) is 0 Å². The van der Waals surface area contributed by atoms with Crippen LogP contribution in [0.1, 0.15) is 41.4 Å². The average molecular weight is 299 g/mol. The summed E-state index contributed by atoms with van der Waals surface area (Å²) in [6, 6.07) is 7.51. The predicted octanol–water partition coefficient (Wildman–Crippen LogP) is 2.63. The molecule has 3 rings (SSSR count). The van der Waals surface area contributed by atoms with E-state index >= 15 is 0 Å². The molecule has 2 aromatic heterocycles. The number of rotatable bonds is 5. The van der Waals surface area contributed by atoms with Gasteiger partial charge in [-0.2, -0.15) is 0 Å². The third kappa shape index (κ3) is 3.54. The van der Waals surface area contributed by atoms with Gasteiger partial charge in [0.1, 0.15) is 5.76 Å². The van der Waals surface area contributed by atoms with Crippen LogP contribution in [0.5, 0.6) is 0 Å². The number of pyridine rings is 1. The van der Waals surface area contributed by atoms with E-state index < -0.39 is 0 Å². The number of likely N-dealkylation sites (tertiary alicyclic amines) is 1. The summed E-state index contributed by atoms with van der Waals surface area (Å²) in [4.78, 5) is 18.6. The number of hydrogen-bond donors (Lipinski definition) is 1. The Labute approximate surface area is 130 Å². The smallest absolute Gasteiger partial charge is 0.252 e. The standard InChI is InChI=1S/C17H21N3O2/c21-17(14-6-4-8-18-12-14)19-13-15(16-7-5-11-22-16)20-9-2-1-3-10-20/h4-8,11-12,15H,1-3,9-10,13H2,(H,19,21)/t15-/m1/s1. The van der Waals surface area contributed by atoms with E-state index in [1.54, 1.807) is 30.8 Å². The molecule has 2 aromatic rings. The highest BCUT2D eigenvalue weighted by Crippen LogP contribution is 2.24. The minimum atomic E-state index is -0.0957. The molecule has 1 atom stereocenters. The van der Waals surface area contributed by atoms with Crippen molar-refractivity contribution < 1.29 is 9.21 Å². The first kappa shape index (κ1) is 14.8. The molecule has 0 radical (unpaired) electrons. The molecule has 5 heteroatoms. The molecule has 0 bridgehead atoms. The zero-order valence-corrected chi connectivity index (χ0v) is 12.6. The van der Waals surface area contributed by atoms with E-state index in [1.165, 1.54) is 19.3 Å². The minimum absolute atomic E-state index is 0.0934. The number of piperidine rings is 1. The van der Waals surface area contributed by atoms with E-state index in [0.29, 0.717) is 12.1 Å². The lowest BCUT2D eigenvalue weighted by Crippen LogP contribution is -2.40. The van der Waals surface area contributed by atoms with Crippen molar-refractivity contribution in [2.75, 3.05) is 19.6 Å². The van der Waals surface area contributed by atoms with Crippen molar-refractivity contribution in [3.8, 4) is 0 Å². The van der Waals surface area contributed by atoms with Gasteiger partial charge in [-0.25, -0.2) is 0 Å². The van der Waals surface area contributed by atoms with Crippen molar-refractivity contribution in [2.45, 2.75) is 25.3 Å². The van der Waals surface area contributed by atoms with E-state index in [1.807, 2.05) is 12.1 Å². The van der Waals surface area contributed by atoms with Crippen LogP contribution in [0, 0.1) is 0 Å². The van der Waals surface area contributed by atoms with Crippen LogP contribution in [0.4, 0.5) is 0 Å². The van der Waals surface area contributed by atoms with Crippen LogP contribution in [0.25, 0.3) is 0 Å². The lowest BCUT2D eigenvalue weighted by atomic mass is 10.1. The maximum atomic E-state index is 12.2. The third-order valence-electron chi connectivity index (χ3n) is 4.08. The van der Waals surface area contributed by atoms with Gasteiger partial charge in [0.05, 0.1) is 17.9 Å². The van der Waals surface area contributed by atoms with Crippen LogP contribution in [0.3, 0.4) is 0 Å². The third-order valence-corrected chi connectivity index (χ3v) is 4.08. The molecular weight excluding hydrogens is 278 g/mol. The van der Waals surface area contributed by atoms with Crippen LogP contribution in [0.2, 0.25) is 0 Å². The molecule has 0 spiro atoms. The highest BCUT2D eigenvalue weighted by molar-refractivity contribution is 5.93. The molecule has 1 N–H and O–H groups in total. The van der Waals surface area contributed by atoms with Gasteiger partial charge in [0, 0.05) is 18.9 Å². The first-order chi connectivity index (χ1) is 10.8. The molecule has 1 aliphatic rings. The largest absolute Gasteiger partial charge is 0.468 e. The van der Waals surface area contributed by atoms with Crippen molar-refractivity contribution in [3.63, 3.8) is 0 Å². The SMILES string of the molecule is O=C(NC[C@H](c1ccco1)N1CCCCC1)c1cccnc1. The monoisotopic (exact) mass is 299 g/mol. The first-order valence-corrected chi connectivity index (χ1v) is 7.80. The Hall–Kier alpha value is -2.14. The number of carbonyl (C=O) groups excluding carboxylic acids is 1. The number of aromatic nitrogens is 1. The van der Waals surface area contributed by atoms with Gasteiger partial charge in [-0.15, -0.1) is 0 Å². The van der Waals surface area contributed by atoms with Crippen molar-refractivity contribution in [1.29, 1.82) is 0 Å². The topological polar surface area (TPSA) is 58.4 Å². The molecular formula is C17H21N3O2. The molecule has 0 aromatic carbocycles. The quantitative estimate of drug-likeness (QED) is 0.922. The Balaban J connectivity index is 1.66. The normalized spacial score (nSPS) is 17.1. The van der Waals surface area contributed by atoms with Crippen LogP contribution < -0.4 is 5.32 Å². The van der Waals surface area contributed by atoms with E-state index in [2.05, 4.69) is 15.2 Å². The van der Waals surface area contributed by atoms with Gasteiger partial charge in [-0.1, -0.05) is 6.42 Å². The second-order valence-corrected chi connectivity index (χ2v) is 5.58. The Morgan fingerprint density at radius 3 is 2.82 bits per heavy atom. The zero-order chi connectivity index (χ0) is 15.2. The number of furan rings is 1. The van der Waals surface area contributed by atoms with E-state index in [-0.39, 0.29) is 11.9 Å². The van der Waals surface area contributed by atoms with Gasteiger partial charge in [-0.05, 0) is 50.2 Å². The van der Waals surface area contributed by atoms with Crippen LogP contribution in [-0.4, -0.2) is 35.4 Å². The van der Waals surface area contributed by atoms with E-state index in [0.717, 1.165) is 18.8 Å². The van der Waals surface area contributed by atoms with Crippen LogP contribution in [-0.2, 0) is 0 Å². The summed E-state index contributed by atoms with van der Waals surface area (Å²) < 4.78 is 5.58. The lowest BCUT2D eigenvalue weighted by molar-refractivity contribution is 0.0913. The second-order valence-electron chi connectivity index (χ2n) is 5.58. The number of amides is 1. The number of nitrogens with zero attached hydrogens (tertiary/aromatic N) is 2. The minimum Gasteiger partial charge on any atom is -0.468 e. The van der Waals surface area contributed by atoms with Crippen molar-refractivity contribution >= 4 is 5.91 Å². The number of nitrogens with one attached hydrogen (secondary N) is 1. The fourth-order valence-corrected chi connectivity index (χ4v) is 2.91. The summed E-state index contributed by atoms with van der Waals surface area (Å²) in [6.07, 6.45) is 8.62. The summed E-state index contributed by atoms with van der Waals surface area (Å²) in [5.41, 5.74) is 0.583. The highest BCUT2D eigenvalue weighted by atomic mass is 16.3. The zero-order valence-electron chi connectivity index (χ0n) is 12.6. The molecule has 1 aliphatic heterocycles. The fourth-order valence-electron chi connectivity index (χ4n) is 2.91. The average Bonchev–Trinajstić information content (AvgIpc) is 3.11. The Morgan fingerprint density at radius 1 is 1.27 bits per heavy atom. The van der Waals surface area contributed by atoms with Crippen LogP contribution >= 0.6 is 0 Å². The summed E-state index contributed by atoms with van der Waals surface area (Å²) in [6.45, 7) is 2.64. The lowest BCUT2D eigenvalue weighted by Gasteiger charge is -2.33. The van der Waals surface area contributed by atoms with Gasteiger partial charge in [0.2, 0.25) is 0 Å². The summed E-state index contributed by atoms with van der Waals surface area (Å²) >= 11 is 0. The Kier molecular flexibility index (Phi) is 4.85. The Morgan fingerprint density at radius 2 is 2.14 bits per heavy atom. The second kappa shape index (κ2) is 7.22. The van der Waals surface area contributed by atoms with Crippen molar-refractivity contribution in [1.82, 2.24) is 15.2 Å². The molecule has 22 heavy (non-hydrogen) atoms. The number of hydrogen-bond acceptors (Lipinski definition) is 4. The highest BCUT2D eigenvalue weighted by Gasteiger charge is 2.25. The van der Waals surface area contributed by atoms with E-state index in [4.69, 9.17) is 4.42 Å². The van der Waals surface area contributed by atoms with Crippen molar-refractivity contribution in [3.05, 3.63) is 54.2 Å². The fraction of sp³-hybridized carbons (Fsp3) is 0.412. The summed E-state index contributed by atoms with van der Waals surface area (Å²) in [5.74, 6) is 0.815. The molecule has 0 aliphatic carbocycles. The number of carbonyl (C=O) groups is 1. The molecule has 5 nitrogen and oxygen atoms in total. The maximum absolute atomic E-state index is 12.2. The van der Waals surface area contributed by atoms with Gasteiger partial charge in [0.25, 0.3) is 5.91 Å². The molecule has 0 unspecified atom stereocenters. The molecule has 3 heterocycles. The van der Waals surface area contributed by atoms with Gasteiger partial charge < -0.3 is 9.73 Å². The van der Waals surface area contributed by atoms with Crippen molar-refractivity contribution in [2.24, 2.45) is 0 Å². The molecule has 1 saturated heterocycles. The molecule has 1 amide bonds. The first-order valence-electron chi connectivity index (χ1n) is 7.80. The summed E-state index contributed by atoms with van der Waals surface area (Å²) in [5, 5.41) is 3.00. The maximum Gasteiger partial charge on any atom is 0.252 e.